The predicted molar refractivity (Wildman–Crippen MR) is 67.7 cm³/mol. The number of nitrogens with zero attached hydrogens (tertiary/aromatic N) is 2. The summed E-state index contributed by atoms with van der Waals surface area (Å²) in [7, 11) is 0. The number of aliphatic hydroxyl groups is 1. The Balaban J connectivity index is 1.74. The normalized spacial score (nSPS) is 25.0. The Morgan fingerprint density at radius 1 is 1.59 bits per heavy atom. The van der Waals surface area contributed by atoms with Gasteiger partial charge in [0.15, 0.2) is 0 Å². The minimum Gasteiger partial charge on any atom is -0.390 e. The Hall–Kier alpha value is -0.870. The van der Waals surface area contributed by atoms with Crippen molar-refractivity contribution in [2.45, 2.75) is 51.8 Å². The molecule has 0 spiro atoms. The van der Waals surface area contributed by atoms with Gasteiger partial charge in [-0.2, -0.15) is 5.10 Å². The van der Waals surface area contributed by atoms with Gasteiger partial charge in [-0.1, -0.05) is 20.3 Å². The van der Waals surface area contributed by atoms with Crippen molar-refractivity contribution in [2.24, 2.45) is 5.41 Å². The van der Waals surface area contributed by atoms with Gasteiger partial charge in [0.1, 0.15) is 0 Å². The quantitative estimate of drug-likeness (QED) is 0.814. The van der Waals surface area contributed by atoms with Crippen molar-refractivity contribution >= 4 is 0 Å². The summed E-state index contributed by atoms with van der Waals surface area (Å²) in [5.74, 6) is 0. The van der Waals surface area contributed by atoms with Crippen molar-refractivity contribution in [2.75, 3.05) is 6.54 Å². The fraction of sp³-hybridized carbons (Fsp3) is 0.769. The van der Waals surface area contributed by atoms with Crippen LogP contribution in [0.1, 0.15) is 33.1 Å². The summed E-state index contributed by atoms with van der Waals surface area (Å²) in [6, 6.07) is 2.41. The van der Waals surface area contributed by atoms with Gasteiger partial charge in [0, 0.05) is 25.0 Å². The van der Waals surface area contributed by atoms with Gasteiger partial charge in [-0.15, -0.1) is 0 Å². The number of hydrogen-bond acceptors (Lipinski definition) is 3. The maximum atomic E-state index is 9.93. The molecule has 1 aliphatic carbocycles. The molecule has 0 aliphatic heterocycles. The molecule has 4 nitrogen and oxygen atoms in total. The zero-order chi connectivity index (χ0) is 12.3. The third-order valence-electron chi connectivity index (χ3n) is 3.81. The fourth-order valence-corrected chi connectivity index (χ4v) is 2.67. The van der Waals surface area contributed by atoms with E-state index >= 15 is 0 Å². The predicted octanol–water partition coefficient (Wildman–Crippen LogP) is 1.41. The molecule has 2 rings (SSSR count). The summed E-state index contributed by atoms with van der Waals surface area (Å²) in [4.78, 5) is 0. The van der Waals surface area contributed by atoms with E-state index in [-0.39, 0.29) is 6.10 Å². The van der Waals surface area contributed by atoms with Crippen LogP contribution in [0.4, 0.5) is 0 Å². The van der Waals surface area contributed by atoms with Crippen LogP contribution in [0.3, 0.4) is 0 Å². The lowest BCUT2D eigenvalue weighted by molar-refractivity contribution is 0.134. The largest absolute Gasteiger partial charge is 0.390 e. The van der Waals surface area contributed by atoms with Crippen LogP contribution in [-0.2, 0) is 6.54 Å². The smallest absolute Gasteiger partial charge is 0.0860 e. The van der Waals surface area contributed by atoms with Gasteiger partial charge >= 0.3 is 0 Å². The Morgan fingerprint density at radius 2 is 2.41 bits per heavy atom. The molecular formula is C13H23N3O. The number of nitrogens with one attached hydrogen (secondary N) is 1. The number of aromatic nitrogens is 2. The summed E-state index contributed by atoms with van der Waals surface area (Å²) in [5, 5.41) is 17.5. The average Bonchev–Trinajstić information content (AvgIpc) is 2.85. The van der Waals surface area contributed by atoms with E-state index in [0.29, 0.717) is 24.5 Å². The lowest BCUT2D eigenvalue weighted by atomic mass is 9.87. The Bertz CT molecular complexity index is 334. The number of hydrogen-bond donors (Lipinski definition) is 2. The number of rotatable bonds is 5. The van der Waals surface area contributed by atoms with E-state index in [4.69, 9.17) is 0 Å². The molecule has 17 heavy (non-hydrogen) atoms. The van der Waals surface area contributed by atoms with E-state index < -0.39 is 0 Å². The molecule has 96 valence electrons. The van der Waals surface area contributed by atoms with Crippen LogP contribution in [0.25, 0.3) is 0 Å². The van der Waals surface area contributed by atoms with Crippen LogP contribution in [0.2, 0.25) is 0 Å². The molecule has 1 aliphatic rings. The highest BCUT2D eigenvalue weighted by molar-refractivity contribution is 4.90. The van der Waals surface area contributed by atoms with Gasteiger partial charge in [0.05, 0.1) is 12.6 Å². The Labute approximate surface area is 103 Å². The van der Waals surface area contributed by atoms with Gasteiger partial charge in [0.25, 0.3) is 0 Å². The summed E-state index contributed by atoms with van der Waals surface area (Å²) in [5.41, 5.74) is 0.366. The summed E-state index contributed by atoms with van der Waals surface area (Å²) >= 11 is 0. The topological polar surface area (TPSA) is 50.1 Å². The highest BCUT2D eigenvalue weighted by atomic mass is 16.3. The van der Waals surface area contributed by atoms with Crippen LogP contribution in [-0.4, -0.2) is 33.6 Å². The molecule has 4 heteroatoms. The first kappa shape index (κ1) is 12.6. The second-order valence-electron chi connectivity index (χ2n) is 5.72. The van der Waals surface area contributed by atoms with Gasteiger partial charge in [0.2, 0.25) is 0 Å². The molecule has 0 aromatic carbocycles. The minimum atomic E-state index is -0.369. The second kappa shape index (κ2) is 5.19. The average molecular weight is 237 g/mol. The summed E-state index contributed by atoms with van der Waals surface area (Å²) < 4.78 is 1.77. The van der Waals surface area contributed by atoms with E-state index in [1.165, 1.54) is 19.3 Å². The molecule has 1 aromatic heterocycles. The SMILES string of the molecule is CC1(C)CCCC1NCC(O)Cn1cccn1. The van der Waals surface area contributed by atoms with Crippen molar-refractivity contribution in [3.8, 4) is 0 Å². The third-order valence-corrected chi connectivity index (χ3v) is 3.81. The highest BCUT2D eigenvalue weighted by Crippen LogP contribution is 2.36. The van der Waals surface area contributed by atoms with Gasteiger partial charge < -0.3 is 10.4 Å². The molecule has 0 radical (unpaired) electrons. The van der Waals surface area contributed by atoms with Gasteiger partial charge in [-0.05, 0) is 24.3 Å². The van der Waals surface area contributed by atoms with Crippen molar-refractivity contribution in [1.29, 1.82) is 0 Å². The van der Waals surface area contributed by atoms with E-state index in [1.54, 1.807) is 10.9 Å². The molecule has 2 atom stereocenters. The maximum Gasteiger partial charge on any atom is 0.0860 e. The lowest BCUT2D eigenvalue weighted by Gasteiger charge is -2.28. The molecule has 1 saturated carbocycles. The zero-order valence-corrected chi connectivity index (χ0v) is 10.8. The van der Waals surface area contributed by atoms with Crippen LogP contribution in [0.5, 0.6) is 0 Å². The number of aliphatic hydroxyl groups excluding tert-OH is 1. The van der Waals surface area contributed by atoms with E-state index in [1.807, 2.05) is 12.3 Å². The minimum absolute atomic E-state index is 0.366. The van der Waals surface area contributed by atoms with Crippen molar-refractivity contribution < 1.29 is 5.11 Å². The second-order valence-corrected chi connectivity index (χ2v) is 5.72. The molecule has 0 saturated heterocycles. The first-order valence-corrected chi connectivity index (χ1v) is 6.47. The molecule has 2 N–H and O–H groups in total. The van der Waals surface area contributed by atoms with E-state index in [9.17, 15) is 5.11 Å². The van der Waals surface area contributed by atoms with Crippen molar-refractivity contribution in [1.82, 2.24) is 15.1 Å². The van der Waals surface area contributed by atoms with E-state index in [0.717, 1.165) is 0 Å². The zero-order valence-electron chi connectivity index (χ0n) is 10.8. The van der Waals surface area contributed by atoms with Gasteiger partial charge in [-0.3, -0.25) is 4.68 Å². The molecule has 0 amide bonds. The first-order valence-electron chi connectivity index (χ1n) is 6.47. The third kappa shape index (κ3) is 3.30. The van der Waals surface area contributed by atoms with E-state index in [2.05, 4.69) is 24.3 Å². The molecule has 1 heterocycles. The first-order chi connectivity index (χ1) is 8.08. The Morgan fingerprint density at radius 3 is 3.00 bits per heavy atom. The summed E-state index contributed by atoms with van der Waals surface area (Å²) in [6.45, 7) is 5.82. The summed E-state index contributed by atoms with van der Waals surface area (Å²) in [6.07, 6.45) is 7.04. The Kier molecular flexibility index (Phi) is 3.84. The highest BCUT2D eigenvalue weighted by Gasteiger charge is 2.34. The molecule has 1 aromatic rings. The van der Waals surface area contributed by atoms with Crippen LogP contribution >= 0.6 is 0 Å². The van der Waals surface area contributed by atoms with Gasteiger partial charge in [-0.25, -0.2) is 0 Å². The maximum absolute atomic E-state index is 9.93. The van der Waals surface area contributed by atoms with Crippen molar-refractivity contribution in [3.63, 3.8) is 0 Å². The van der Waals surface area contributed by atoms with Crippen LogP contribution in [0, 0.1) is 5.41 Å². The lowest BCUT2D eigenvalue weighted by Crippen LogP contribution is -2.42. The molecular weight excluding hydrogens is 214 g/mol. The molecule has 1 fully saturated rings. The van der Waals surface area contributed by atoms with Crippen LogP contribution < -0.4 is 5.32 Å². The van der Waals surface area contributed by atoms with Crippen molar-refractivity contribution in [3.05, 3.63) is 18.5 Å². The monoisotopic (exact) mass is 237 g/mol. The van der Waals surface area contributed by atoms with Crippen LogP contribution in [0.15, 0.2) is 18.5 Å². The molecule has 2 unspecified atom stereocenters. The standard InChI is InChI=1S/C13H23N3O/c1-13(2)6-3-5-12(13)14-9-11(17)10-16-8-4-7-15-16/h4,7-8,11-12,14,17H,3,5-6,9-10H2,1-2H3. The fourth-order valence-electron chi connectivity index (χ4n) is 2.67. The molecule has 0 bridgehead atoms.